The Hall–Kier alpha value is -3.15. The van der Waals surface area contributed by atoms with E-state index in [2.05, 4.69) is 4.90 Å². The molecule has 6 heteroatoms. The Morgan fingerprint density at radius 3 is 1.78 bits per heavy atom. The maximum absolute atomic E-state index is 13.8. The quantitative estimate of drug-likeness (QED) is 0.432. The summed E-state index contributed by atoms with van der Waals surface area (Å²) >= 11 is 0. The molecule has 0 spiro atoms. The molecule has 0 saturated heterocycles. The summed E-state index contributed by atoms with van der Waals surface area (Å²) in [5, 5.41) is 0. The molecule has 188 valence electrons. The van der Waals surface area contributed by atoms with Crippen LogP contribution >= 0.6 is 0 Å². The third-order valence-corrected chi connectivity index (χ3v) is 7.47. The SMILES string of the molecule is CC1(C)CC(=O)C2=C(C1)N(c1ccccc1)C1=C(C(=O)CC(C)(C)C1)C2c1cccc(C(F)(F)F)c1. The van der Waals surface area contributed by atoms with Crippen molar-refractivity contribution in [2.75, 3.05) is 4.90 Å². The van der Waals surface area contributed by atoms with Crippen LogP contribution in [0.1, 0.15) is 70.4 Å². The first kappa shape index (κ1) is 24.5. The van der Waals surface area contributed by atoms with Crippen LogP contribution < -0.4 is 4.90 Å². The van der Waals surface area contributed by atoms with Gasteiger partial charge < -0.3 is 4.90 Å². The van der Waals surface area contributed by atoms with Gasteiger partial charge in [-0.1, -0.05) is 64.1 Å². The van der Waals surface area contributed by atoms with Gasteiger partial charge in [-0.25, -0.2) is 0 Å². The number of halogens is 3. The molecule has 5 rings (SSSR count). The summed E-state index contributed by atoms with van der Waals surface area (Å²) < 4.78 is 41.0. The molecule has 0 amide bonds. The third kappa shape index (κ3) is 4.21. The molecule has 0 radical (unpaired) electrons. The Kier molecular flexibility index (Phi) is 5.58. The minimum absolute atomic E-state index is 0.103. The van der Waals surface area contributed by atoms with Crippen molar-refractivity contribution in [1.29, 1.82) is 0 Å². The van der Waals surface area contributed by atoms with Crippen molar-refractivity contribution >= 4 is 17.3 Å². The number of nitrogens with zero attached hydrogens (tertiary/aromatic N) is 1. The Labute approximate surface area is 209 Å². The number of allylic oxidation sites excluding steroid dienone is 4. The summed E-state index contributed by atoms with van der Waals surface area (Å²) in [7, 11) is 0. The Bertz CT molecular complexity index is 1260. The standard InChI is InChI=1S/C30H30F3NO2/c1-28(2)14-21-26(23(35)16-28)25(18-9-8-10-19(13-18)30(31,32)33)27-22(15-29(3,4)17-24(27)36)34(21)20-11-6-5-7-12-20/h5-13,25H,14-17H2,1-4H3. The van der Waals surface area contributed by atoms with Crippen molar-refractivity contribution in [3.63, 3.8) is 0 Å². The van der Waals surface area contributed by atoms with E-state index in [9.17, 15) is 22.8 Å². The second kappa shape index (κ2) is 8.19. The number of carbonyl (C=O) groups is 2. The number of ketones is 2. The summed E-state index contributed by atoms with van der Waals surface area (Å²) in [5.41, 5.74) is 2.33. The summed E-state index contributed by atoms with van der Waals surface area (Å²) in [6.07, 6.45) is -2.78. The molecule has 2 aliphatic carbocycles. The fourth-order valence-corrected chi connectivity index (χ4v) is 6.08. The molecule has 0 saturated carbocycles. The minimum atomic E-state index is -4.52. The van der Waals surface area contributed by atoms with Crippen molar-refractivity contribution in [2.45, 2.75) is 65.5 Å². The second-order valence-electron chi connectivity index (χ2n) is 11.8. The predicted octanol–water partition coefficient (Wildman–Crippen LogP) is 7.60. The molecule has 0 N–H and O–H groups in total. The van der Waals surface area contributed by atoms with E-state index in [1.807, 2.05) is 58.0 Å². The monoisotopic (exact) mass is 493 g/mol. The number of rotatable bonds is 2. The van der Waals surface area contributed by atoms with Crippen molar-refractivity contribution in [1.82, 2.24) is 0 Å². The summed E-state index contributed by atoms with van der Waals surface area (Å²) in [4.78, 5) is 29.6. The van der Waals surface area contributed by atoms with Gasteiger partial charge >= 0.3 is 6.18 Å². The molecule has 2 aromatic rings. The van der Waals surface area contributed by atoms with Crippen LogP contribution in [0.25, 0.3) is 0 Å². The Morgan fingerprint density at radius 2 is 1.28 bits per heavy atom. The van der Waals surface area contributed by atoms with Crippen LogP contribution in [0.4, 0.5) is 18.9 Å². The fourth-order valence-electron chi connectivity index (χ4n) is 6.08. The lowest BCUT2D eigenvalue weighted by Gasteiger charge is -2.49. The predicted molar refractivity (Wildman–Crippen MR) is 133 cm³/mol. The van der Waals surface area contributed by atoms with E-state index in [0.717, 1.165) is 29.2 Å². The van der Waals surface area contributed by atoms with E-state index < -0.39 is 17.7 Å². The van der Waals surface area contributed by atoms with Crippen LogP contribution in [0.2, 0.25) is 0 Å². The van der Waals surface area contributed by atoms with E-state index in [-0.39, 0.29) is 35.2 Å². The number of para-hydroxylation sites is 1. The smallest absolute Gasteiger partial charge is 0.317 e. The van der Waals surface area contributed by atoms with Crippen molar-refractivity contribution in [2.24, 2.45) is 10.8 Å². The lowest BCUT2D eigenvalue weighted by molar-refractivity contribution is -0.137. The van der Waals surface area contributed by atoms with E-state index in [0.29, 0.717) is 29.6 Å². The van der Waals surface area contributed by atoms with Gasteiger partial charge in [0.2, 0.25) is 0 Å². The molecular formula is C30H30F3NO2. The van der Waals surface area contributed by atoms with Gasteiger partial charge in [0.15, 0.2) is 11.6 Å². The largest absolute Gasteiger partial charge is 0.416 e. The van der Waals surface area contributed by atoms with Gasteiger partial charge in [-0.2, -0.15) is 13.2 Å². The first-order chi connectivity index (χ1) is 16.8. The highest BCUT2D eigenvalue weighted by Gasteiger charge is 2.49. The van der Waals surface area contributed by atoms with Crippen molar-refractivity contribution in [3.05, 3.63) is 88.3 Å². The van der Waals surface area contributed by atoms with E-state index in [1.54, 1.807) is 6.07 Å². The zero-order chi connectivity index (χ0) is 26.0. The lowest BCUT2D eigenvalue weighted by atomic mass is 9.63. The van der Waals surface area contributed by atoms with Gasteiger partial charge in [0, 0.05) is 47.0 Å². The fraction of sp³-hybridized carbons (Fsp3) is 0.400. The molecule has 3 aliphatic rings. The van der Waals surface area contributed by atoms with Crippen molar-refractivity contribution in [3.8, 4) is 0 Å². The molecule has 0 bridgehead atoms. The maximum atomic E-state index is 13.8. The number of carbonyl (C=O) groups excluding carboxylic acids is 2. The lowest BCUT2D eigenvalue weighted by Crippen LogP contribution is -2.44. The first-order valence-corrected chi connectivity index (χ1v) is 12.3. The summed E-state index contributed by atoms with van der Waals surface area (Å²) in [6.45, 7) is 8.15. The summed E-state index contributed by atoms with van der Waals surface area (Å²) in [6, 6.07) is 14.8. The van der Waals surface area contributed by atoms with Gasteiger partial charge in [-0.05, 0) is 47.4 Å². The van der Waals surface area contributed by atoms with Gasteiger partial charge in [0.1, 0.15) is 0 Å². The number of Topliss-reactive ketones (excluding diaryl/α,β-unsaturated/α-hetero) is 2. The number of hydrogen-bond donors (Lipinski definition) is 0. The molecular weight excluding hydrogens is 463 g/mol. The third-order valence-electron chi connectivity index (χ3n) is 7.47. The van der Waals surface area contributed by atoms with E-state index in [4.69, 9.17) is 0 Å². The van der Waals surface area contributed by atoms with Crippen molar-refractivity contribution < 1.29 is 22.8 Å². The molecule has 0 aromatic heterocycles. The van der Waals surface area contributed by atoms with Gasteiger partial charge in [0.25, 0.3) is 0 Å². The number of alkyl halides is 3. The molecule has 0 atom stereocenters. The average molecular weight is 494 g/mol. The molecule has 0 unspecified atom stereocenters. The van der Waals surface area contributed by atoms with Gasteiger partial charge in [0.05, 0.1) is 5.56 Å². The number of benzene rings is 2. The van der Waals surface area contributed by atoms with Crippen LogP contribution in [0.5, 0.6) is 0 Å². The number of hydrogen-bond acceptors (Lipinski definition) is 3. The summed E-state index contributed by atoms with van der Waals surface area (Å²) in [5.74, 6) is -1.01. The van der Waals surface area contributed by atoms with Crippen LogP contribution in [-0.4, -0.2) is 11.6 Å². The van der Waals surface area contributed by atoms with Crippen LogP contribution in [0.3, 0.4) is 0 Å². The molecule has 1 aliphatic heterocycles. The molecule has 2 aromatic carbocycles. The second-order valence-corrected chi connectivity index (χ2v) is 11.8. The topological polar surface area (TPSA) is 37.4 Å². The molecule has 36 heavy (non-hydrogen) atoms. The maximum Gasteiger partial charge on any atom is 0.416 e. The highest BCUT2D eigenvalue weighted by Crippen LogP contribution is 2.55. The van der Waals surface area contributed by atoms with Crippen LogP contribution in [0, 0.1) is 10.8 Å². The highest BCUT2D eigenvalue weighted by molar-refractivity contribution is 6.08. The number of anilines is 1. The zero-order valence-corrected chi connectivity index (χ0v) is 21.0. The molecule has 0 fully saturated rings. The van der Waals surface area contributed by atoms with E-state index in [1.165, 1.54) is 6.07 Å². The molecule has 3 nitrogen and oxygen atoms in total. The zero-order valence-electron chi connectivity index (χ0n) is 21.0. The Balaban J connectivity index is 1.83. The van der Waals surface area contributed by atoms with Crippen LogP contribution in [-0.2, 0) is 15.8 Å². The van der Waals surface area contributed by atoms with E-state index >= 15 is 0 Å². The Morgan fingerprint density at radius 1 is 0.750 bits per heavy atom. The van der Waals surface area contributed by atoms with Gasteiger partial charge in [-0.15, -0.1) is 0 Å². The van der Waals surface area contributed by atoms with Gasteiger partial charge in [-0.3, -0.25) is 9.59 Å². The minimum Gasteiger partial charge on any atom is -0.317 e. The highest BCUT2D eigenvalue weighted by atomic mass is 19.4. The normalized spacial score (nSPS) is 22.0. The first-order valence-electron chi connectivity index (χ1n) is 12.3. The van der Waals surface area contributed by atoms with Crippen LogP contribution in [0.15, 0.2) is 77.1 Å². The molecule has 1 heterocycles. The average Bonchev–Trinajstić information content (AvgIpc) is 2.76.